The number of amides is 1. The van der Waals surface area contributed by atoms with Crippen molar-refractivity contribution >= 4 is 11.9 Å². The molecule has 2 aliphatic rings. The highest BCUT2D eigenvalue weighted by Gasteiger charge is 2.32. The van der Waals surface area contributed by atoms with Gasteiger partial charge in [-0.05, 0) is 38.3 Å². The van der Waals surface area contributed by atoms with Crippen molar-refractivity contribution < 1.29 is 19.4 Å². The van der Waals surface area contributed by atoms with Gasteiger partial charge in [-0.25, -0.2) is 4.79 Å². The summed E-state index contributed by atoms with van der Waals surface area (Å²) in [5.74, 6) is -0.490. The minimum absolute atomic E-state index is 0.0544. The van der Waals surface area contributed by atoms with Crippen molar-refractivity contribution in [2.75, 3.05) is 32.8 Å². The Morgan fingerprint density at radius 1 is 1.42 bits per heavy atom. The number of carbonyl (C=O) groups excluding carboxylic acids is 1. The van der Waals surface area contributed by atoms with Crippen molar-refractivity contribution in [2.45, 2.75) is 31.7 Å². The molecule has 2 fully saturated rings. The van der Waals surface area contributed by atoms with Crippen LogP contribution in [0.3, 0.4) is 0 Å². The van der Waals surface area contributed by atoms with E-state index in [0.29, 0.717) is 25.5 Å². The van der Waals surface area contributed by atoms with Crippen molar-refractivity contribution in [2.24, 2.45) is 5.92 Å². The number of hydrogen-bond donors (Lipinski definition) is 2. The lowest BCUT2D eigenvalue weighted by Gasteiger charge is -2.33. The number of carboxylic acid groups (broad SMARTS) is 1. The maximum atomic E-state index is 12.1. The quantitative estimate of drug-likeness (QED) is 0.756. The summed E-state index contributed by atoms with van der Waals surface area (Å²) in [4.78, 5) is 24.7. The molecule has 2 aliphatic heterocycles. The molecule has 6 heteroatoms. The molecule has 2 atom stereocenters. The molecule has 2 saturated heterocycles. The molecule has 1 amide bonds. The highest BCUT2D eigenvalue weighted by Crippen LogP contribution is 2.18. The van der Waals surface area contributed by atoms with Gasteiger partial charge in [0, 0.05) is 13.0 Å². The molecule has 2 N–H and O–H groups in total. The van der Waals surface area contributed by atoms with Crippen LogP contribution in [0.5, 0.6) is 0 Å². The van der Waals surface area contributed by atoms with Gasteiger partial charge in [-0.2, -0.15) is 0 Å². The zero-order valence-corrected chi connectivity index (χ0v) is 11.1. The van der Waals surface area contributed by atoms with Gasteiger partial charge < -0.3 is 20.1 Å². The number of aliphatic carboxylic acids is 1. The van der Waals surface area contributed by atoms with Gasteiger partial charge >= 0.3 is 5.97 Å². The maximum absolute atomic E-state index is 12.1. The first-order chi connectivity index (χ1) is 9.18. The summed E-state index contributed by atoms with van der Waals surface area (Å²) in [5, 5.41) is 12.4. The van der Waals surface area contributed by atoms with Crippen molar-refractivity contribution in [1.29, 1.82) is 0 Å². The Morgan fingerprint density at radius 3 is 2.95 bits per heavy atom. The van der Waals surface area contributed by atoms with Crippen molar-refractivity contribution in [3.05, 3.63) is 0 Å². The van der Waals surface area contributed by atoms with Crippen LogP contribution in [0.4, 0.5) is 0 Å². The topological polar surface area (TPSA) is 78.9 Å². The summed E-state index contributed by atoms with van der Waals surface area (Å²) in [6.07, 6.45) is 3.60. The molecule has 108 valence electrons. The summed E-state index contributed by atoms with van der Waals surface area (Å²) >= 11 is 0. The molecule has 2 rings (SSSR count). The Hall–Kier alpha value is -1.14. The second-order valence-electron chi connectivity index (χ2n) is 5.27. The number of piperidine rings is 1. The summed E-state index contributed by atoms with van der Waals surface area (Å²) in [7, 11) is 0. The number of nitrogens with one attached hydrogen (secondary N) is 1. The van der Waals surface area contributed by atoms with Crippen LogP contribution < -0.4 is 5.32 Å². The van der Waals surface area contributed by atoms with Gasteiger partial charge in [0.1, 0.15) is 0 Å². The van der Waals surface area contributed by atoms with E-state index in [0.717, 1.165) is 32.4 Å². The number of hydrogen-bond acceptors (Lipinski definition) is 4. The van der Waals surface area contributed by atoms with Crippen LogP contribution in [-0.4, -0.2) is 60.8 Å². The molecule has 0 aromatic rings. The first kappa shape index (κ1) is 14.3. The minimum atomic E-state index is -0.979. The van der Waals surface area contributed by atoms with E-state index in [2.05, 4.69) is 5.32 Å². The van der Waals surface area contributed by atoms with E-state index >= 15 is 0 Å². The average molecular weight is 270 g/mol. The second kappa shape index (κ2) is 6.86. The van der Waals surface area contributed by atoms with E-state index in [9.17, 15) is 9.59 Å². The fraction of sp³-hybridized carbons (Fsp3) is 0.846. The lowest BCUT2D eigenvalue weighted by atomic mass is 9.94. The van der Waals surface area contributed by atoms with E-state index in [-0.39, 0.29) is 12.5 Å². The molecule has 0 radical (unpaired) electrons. The van der Waals surface area contributed by atoms with Crippen molar-refractivity contribution in [3.63, 3.8) is 0 Å². The van der Waals surface area contributed by atoms with Crippen LogP contribution in [0.1, 0.15) is 25.7 Å². The van der Waals surface area contributed by atoms with Gasteiger partial charge in [0.05, 0.1) is 13.2 Å². The smallest absolute Gasteiger partial charge is 0.328 e. The Labute approximate surface area is 113 Å². The molecule has 6 nitrogen and oxygen atoms in total. The second-order valence-corrected chi connectivity index (χ2v) is 5.27. The van der Waals surface area contributed by atoms with E-state index in [1.165, 1.54) is 4.90 Å². The standard InChI is InChI=1S/C13H22N2O4/c16-12(4-3-10-2-1-5-14-8-10)15-6-7-19-9-11(15)13(17)18/h10-11,14H,1-9H2,(H,17,18). The van der Waals surface area contributed by atoms with E-state index in [4.69, 9.17) is 9.84 Å². The summed E-state index contributed by atoms with van der Waals surface area (Å²) in [6.45, 7) is 2.96. The third kappa shape index (κ3) is 3.91. The molecular formula is C13H22N2O4. The molecule has 0 aromatic carbocycles. The Morgan fingerprint density at radius 2 is 2.26 bits per heavy atom. The van der Waals surface area contributed by atoms with Crippen LogP contribution in [0.25, 0.3) is 0 Å². The number of nitrogens with zero attached hydrogens (tertiary/aromatic N) is 1. The van der Waals surface area contributed by atoms with Crippen LogP contribution in [0.2, 0.25) is 0 Å². The molecule has 2 heterocycles. The molecule has 19 heavy (non-hydrogen) atoms. The molecule has 0 aromatic heterocycles. The van der Waals surface area contributed by atoms with Crippen molar-refractivity contribution in [1.82, 2.24) is 10.2 Å². The number of morpholine rings is 1. The molecule has 2 unspecified atom stereocenters. The predicted molar refractivity (Wildman–Crippen MR) is 68.8 cm³/mol. The first-order valence-corrected chi connectivity index (χ1v) is 6.99. The third-order valence-corrected chi connectivity index (χ3v) is 3.90. The summed E-state index contributed by atoms with van der Waals surface area (Å²) in [6, 6.07) is -0.814. The Bertz CT molecular complexity index is 329. The third-order valence-electron chi connectivity index (χ3n) is 3.90. The number of ether oxygens (including phenoxy) is 1. The monoisotopic (exact) mass is 270 g/mol. The van der Waals surface area contributed by atoms with Crippen LogP contribution in [0, 0.1) is 5.92 Å². The Kier molecular flexibility index (Phi) is 5.15. The fourth-order valence-electron chi connectivity index (χ4n) is 2.75. The van der Waals surface area contributed by atoms with Crippen LogP contribution in [-0.2, 0) is 14.3 Å². The number of rotatable bonds is 4. The summed E-state index contributed by atoms with van der Waals surface area (Å²) in [5.41, 5.74) is 0. The minimum Gasteiger partial charge on any atom is -0.480 e. The average Bonchev–Trinajstić information content (AvgIpc) is 2.46. The highest BCUT2D eigenvalue weighted by atomic mass is 16.5. The van der Waals surface area contributed by atoms with Gasteiger partial charge in [-0.1, -0.05) is 0 Å². The molecule has 0 spiro atoms. The van der Waals surface area contributed by atoms with E-state index < -0.39 is 12.0 Å². The van der Waals surface area contributed by atoms with Gasteiger partial charge in [-0.15, -0.1) is 0 Å². The maximum Gasteiger partial charge on any atom is 0.328 e. The molecule has 0 aliphatic carbocycles. The zero-order valence-electron chi connectivity index (χ0n) is 11.1. The van der Waals surface area contributed by atoms with Crippen LogP contribution >= 0.6 is 0 Å². The van der Waals surface area contributed by atoms with Gasteiger partial charge in [-0.3, -0.25) is 4.79 Å². The van der Waals surface area contributed by atoms with E-state index in [1.807, 2.05) is 0 Å². The number of carbonyl (C=O) groups is 2. The summed E-state index contributed by atoms with van der Waals surface area (Å²) < 4.78 is 5.13. The molecular weight excluding hydrogens is 248 g/mol. The zero-order chi connectivity index (χ0) is 13.7. The SMILES string of the molecule is O=C(O)C1COCCN1C(=O)CCC1CCCNC1. The predicted octanol–water partition coefficient (Wildman–Crippen LogP) is 0.0782. The van der Waals surface area contributed by atoms with Gasteiger partial charge in [0.2, 0.25) is 5.91 Å². The molecule has 0 saturated carbocycles. The van der Waals surface area contributed by atoms with Crippen LogP contribution in [0.15, 0.2) is 0 Å². The first-order valence-electron chi connectivity index (χ1n) is 6.99. The van der Waals surface area contributed by atoms with Gasteiger partial charge in [0.15, 0.2) is 6.04 Å². The van der Waals surface area contributed by atoms with Gasteiger partial charge in [0.25, 0.3) is 0 Å². The largest absolute Gasteiger partial charge is 0.480 e. The van der Waals surface area contributed by atoms with Crippen molar-refractivity contribution in [3.8, 4) is 0 Å². The highest BCUT2D eigenvalue weighted by molar-refractivity contribution is 5.84. The normalized spacial score (nSPS) is 28.1. The van der Waals surface area contributed by atoms with E-state index in [1.54, 1.807) is 0 Å². The number of carboxylic acids is 1. The Balaban J connectivity index is 1.81. The molecule has 0 bridgehead atoms. The fourth-order valence-corrected chi connectivity index (χ4v) is 2.75. The lowest BCUT2D eigenvalue weighted by Crippen LogP contribution is -2.52. The lowest BCUT2D eigenvalue weighted by molar-refractivity contribution is -0.158.